The Kier molecular flexibility index (Phi) is 4.63. The highest BCUT2D eigenvalue weighted by molar-refractivity contribution is 5.90. The normalized spacial score (nSPS) is 10.1. The maximum atomic E-state index is 12.0. The number of hydrogen-bond acceptors (Lipinski definition) is 5. The van der Waals surface area contributed by atoms with Crippen LogP contribution in [0.1, 0.15) is 17.9 Å². The van der Waals surface area contributed by atoms with Crippen molar-refractivity contribution in [3.8, 4) is 17.5 Å². The number of carbonyl (C=O) groups is 1. The van der Waals surface area contributed by atoms with Crippen molar-refractivity contribution in [1.29, 1.82) is 5.26 Å². The first-order chi connectivity index (χ1) is 11.7. The Labute approximate surface area is 138 Å². The molecule has 0 aliphatic carbocycles. The Morgan fingerprint density at radius 2 is 1.96 bits per heavy atom. The third kappa shape index (κ3) is 3.84. The van der Waals surface area contributed by atoms with Crippen LogP contribution in [0.4, 0.5) is 5.69 Å². The second-order valence-corrected chi connectivity index (χ2v) is 5.11. The van der Waals surface area contributed by atoms with E-state index in [1.54, 1.807) is 24.3 Å². The van der Waals surface area contributed by atoms with Crippen molar-refractivity contribution in [2.75, 3.05) is 5.32 Å². The van der Waals surface area contributed by atoms with Crippen LogP contribution in [0.5, 0.6) is 0 Å². The summed E-state index contributed by atoms with van der Waals surface area (Å²) in [6.07, 6.45) is 0.566. The predicted octanol–water partition coefficient (Wildman–Crippen LogP) is 3.18. The molecule has 118 valence electrons. The van der Waals surface area contributed by atoms with Gasteiger partial charge in [0.2, 0.25) is 17.7 Å². The van der Waals surface area contributed by atoms with Crippen molar-refractivity contribution in [2.45, 2.75) is 12.8 Å². The smallest absolute Gasteiger partial charge is 0.247 e. The molecule has 0 unspecified atom stereocenters. The van der Waals surface area contributed by atoms with Crippen LogP contribution in [0.3, 0.4) is 0 Å². The number of benzene rings is 2. The third-order valence-electron chi connectivity index (χ3n) is 3.33. The number of aryl methyl sites for hydroxylation is 1. The van der Waals surface area contributed by atoms with E-state index in [1.807, 2.05) is 36.4 Å². The first-order valence-electron chi connectivity index (χ1n) is 7.42. The Balaban J connectivity index is 1.57. The molecule has 6 heteroatoms. The highest BCUT2D eigenvalue weighted by Gasteiger charge is 2.10. The van der Waals surface area contributed by atoms with Gasteiger partial charge in [0.15, 0.2) is 0 Å². The molecule has 3 aromatic rings. The van der Waals surface area contributed by atoms with Gasteiger partial charge in [0.25, 0.3) is 0 Å². The van der Waals surface area contributed by atoms with Gasteiger partial charge < -0.3 is 9.73 Å². The van der Waals surface area contributed by atoms with Gasteiger partial charge in [0.05, 0.1) is 11.6 Å². The molecule has 2 aromatic carbocycles. The van der Waals surface area contributed by atoms with E-state index in [1.165, 1.54) is 0 Å². The predicted molar refractivity (Wildman–Crippen MR) is 87.8 cm³/mol. The van der Waals surface area contributed by atoms with Crippen LogP contribution in [-0.4, -0.2) is 16.1 Å². The van der Waals surface area contributed by atoms with E-state index in [-0.39, 0.29) is 12.3 Å². The molecule has 6 nitrogen and oxygen atoms in total. The minimum Gasteiger partial charge on any atom is -0.421 e. The van der Waals surface area contributed by atoms with Gasteiger partial charge in [0, 0.05) is 24.1 Å². The summed E-state index contributed by atoms with van der Waals surface area (Å²) in [4.78, 5) is 12.0. The highest BCUT2D eigenvalue weighted by atomic mass is 16.4. The van der Waals surface area contributed by atoms with E-state index in [0.717, 1.165) is 5.56 Å². The van der Waals surface area contributed by atoms with Crippen LogP contribution in [-0.2, 0) is 11.2 Å². The quantitative estimate of drug-likeness (QED) is 0.780. The van der Waals surface area contributed by atoms with Crippen LogP contribution in [0.15, 0.2) is 59.0 Å². The summed E-state index contributed by atoms with van der Waals surface area (Å²) in [6, 6.07) is 18.2. The lowest BCUT2D eigenvalue weighted by Gasteiger charge is -2.04. The van der Waals surface area contributed by atoms with Gasteiger partial charge in [-0.1, -0.05) is 24.3 Å². The van der Waals surface area contributed by atoms with E-state index in [9.17, 15) is 4.79 Å². The van der Waals surface area contributed by atoms with Gasteiger partial charge >= 0.3 is 0 Å². The molecule has 0 aliphatic rings. The number of nitriles is 1. The summed E-state index contributed by atoms with van der Waals surface area (Å²) in [7, 11) is 0. The van der Waals surface area contributed by atoms with Gasteiger partial charge in [-0.15, -0.1) is 10.2 Å². The molecule has 0 aliphatic heterocycles. The molecule has 3 rings (SSSR count). The third-order valence-corrected chi connectivity index (χ3v) is 3.33. The van der Waals surface area contributed by atoms with E-state index < -0.39 is 0 Å². The number of anilines is 1. The number of aromatic nitrogens is 2. The summed E-state index contributed by atoms with van der Waals surface area (Å²) >= 11 is 0. The molecule has 1 N–H and O–H groups in total. The van der Waals surface area contributed by atoms with Gasteiger partial charge in [-0.2, -0.15) is 5.26 Å². The first kappa shape index (κ1) is 15.4. The summed E-state index contributed by atoms with van der Waals surface area (Å²) in [5.41, 5.74) is 1.93. The van der Waals surface area contributed by atoms with Gasteiger partial charge in [-0.3, -0.25) is 4.79 Å². The number of amides is 1. The van der Waals surface area contributed by atoms with Crippen molar-refractivity contribution < 1.29 is 9.21 Å². The highest BCUT2D eigenvalue weighted by Crippen LogP contribution is 2.17. The zero-order chi connectivity index (χ0) is 16.8. The fourth-order valence-electron chi connectivity index (χ4n) is 2.16. The average Bonchev–Trinajstić information content (AvgIpc) is 3.10. The second-order valence-electron chi connectivity index (χ2n) is 5.11. The molecular weight excluding hydrogens is 304 g/mol. The van der Waals surface area contributed by atoms with E-state index in [4.69, 9.17) is 9.68 Å². The molecule has 24 heavy (non-hydrogen) atoms. The molecule has 1 amide bonds. The van der Waals surface area contributed by atoms with Crippen LogP contribution in [0.25, 0.3) is 11.5 Å². The van der Waals surface area contributed by atoms with Gasteiger partial charge in [0.1, 0.15) is 0 Å². The van der Waals surface area contributed by atoms with Crippen LogP contribution in [0.2, 0.25) is 0 Å². The summed E-state index contributed by atoms with van der Waals surface area (Å²) < 4.78 is 5.56. The molecule has 0 fully saturated rings. The van der Waals surface area contributed by atoms with Crippen molar-refractivity contribution in [3.05, 3.63) is 66.1 Å². The number of rotatable bonds is 5. The Morgan fingerprint density at radius 3 is 2.75 bits per heavy atom. The van der Waals surface area contributed by atoms with E-state index in [0.29, 0.717) is 29.5 Å². The van der Waals surface area contributed by atoms with Crippen molar-refractivity contribution >= 4 is 11.6 Å². The molecule has 0 saturated heterocycles. The zero-order valence-electron chi connectivity index (χ0n) is 12.8. The van der Waals surface area contributed by atoms with Crippen LogP contribution < -0.4 is 5.32 Å². The standard InChI is InChI=1S/C18H14N4O2/c19-12-13-5-4-8-15(11-13)20-16(23)9-10-17-21-22-18(24-17)14-6-2-1-3-7-14/h1-8,11H,9-10H2,(H,20,23). The maximum Gasteiger partial charge on any atom is 0.247 e. The molecule has 0 radical (unpaired) electrons. The molecule has 0 saturated carbocycles. The fraction of sp³-hybridized carbons (Fsp3) is 0.111. The molecule has 0 bridgehead atoms. The minimum atomic E-state index is -0.176. The Hall–Kier alpha value is -3.46. The topological polar surface area (TPSA) is 91.8 Å². The second kappa shape index (κ2) is 7.20. The lowest BCUT2D eigenvalue weighted by Crippen LogP contribution is -2.12. The van der Waals surface area contributed by atoms with Crippen molar-refractivity contribution in [3.63, 3.8) is 0 Å². The summed E-state index contributed by atoms with van der Waals surface area (Å²) in [6.45, 7) is 0. The molecule has 1 aromatic heterocycles. The summed E-state index contributed by atoms with van der Waals surface area (Å²) in [5.74, 6) is 0.673. The Bertz CT molecular complexity index is 881. The maximum absolute atomic E-state index is 12.0. The van der Waals surface area contributed by atoms with Crippen molar-refractivity contribution in [2.24, 2.45) is 0 Å². The monoisotopic (exact) mass is 318 g/mol. The lowest BCUT2D eigenvalue weighted by atomic mass is 10.2. The molecule has 0 atom stereocenters. The van der Waals surface area contributed by atoms with Gasteiger partial charge in [-0.25, -0.2) is 0 Å². The number of nitrogens with zero attached hydrogens (tertiary/aromatic N) is 3. The molecular formula is C18H14N4O2. The zero-order valence-corrected chi connectivity index (χ0v) is 12.8. The number of carbonyl (C=O) groups excluding carboxylic acids is 1. The van der Waals surface area contributed by atoms with Gasteiger partial charge in [-0.05, 0) is 30.3 Å². The lowest BCUT2D eigenvalue weighted by molar-refractivity contribution is -0.116. The average molecular weight is 318 g/mol. The number of hydrogen-bond donors (Lipinski definition) is 1. The summed E-state index contributed by atoms with van der Waals surface area (Å²) in [5, 5.41) is 19.5. The molecule has 1 heterocycles. The first-order valence-corrected chi connectivity index (χ1v) is 7.42. The number of nitrogens with one attached hydrogen (secondary N) is 1. The van der Waals surface area contributed by atoms with Crippen LogP contribution >= 0.6 is 0 Å². The Morgan fingerprint density at radius 1 is 1.12 bits per heavy atom. The SMILES string of the molecule is N#Cc1cccc(NC(=O)CCc2nnc(-c3ccccc3)o2)c1. The van der Waals surface area contributed by atoms with E-state index >= 15 is 0 Å². The minimum absolute atomic E-state index is 0.176. The van der Waals surface area contributed by atoms with E-state index in [2.05, 4.69) is 15.5 Å². The molecule has 0 spiro atoms. The van der Waals surface area contributed by atoms with Crippen molar-refractivity contribution in [1.82, 2.24) is 10.2 Å². The van der Waals surface area contributed by atoms with Crippen LogP contribution in [0, 0.1) is 11.3 Å². The fourth-order valence-corrected chi connectivity index (χ4v) is 2.16. The largest absolute Gasteiger partial charge is 0.421 e.